The molecule has 1 aliphatic rings. The molecule has 2 heterocycles. The molecule has 0 unspecified atom stereocenters. The Hall–Kier alpha value is -1.14. The zero-order valence-corrected chi connectivity index (χ0v) is 13.4. The first kappa shape index (κ1) is 15.3. The fourth-order valence-corrected chi connectivity index (χ4v) is 3.05. The topological polar surface area (TPSA) is 48.5 Å². The molecule has 5 nitrogen and oxygen atoms in total. The van der Waals surface area contributed by atoms with Crippen LogP contribution >= 0.6 is 11.3 Å². The lowest BCUT2D eigenvalue weighted by atomic mass is 10.1. The third-order valence-corrected chi connectivity index (χ3v) is 3.99. The summed E-state index contributed by atoms with van der Waals surface area (Å²) < 4.78 is 0. The molecule has 0 spiro atoms. The predicted octanol–water partition coefficient (Wildman–Crippen LogP) is 1.57. The molecule has 0 bridgehead atoms. The molecule has 1 aromatic heterocycles. The van der Waals surface area contributed by atoms with Crippen LogP contribution in [0.1, 0.15) is 27.2 Å². The van der Waals surface area contributed by atoms with Gasteiger partial charge >= 0.3 is 0 Å². The molecule has 1 N–H and O–H groups in total. The summed E-state index contributed by atoms with van der Waals surface area (Å²) in [4.78, 5) is 20.9. The first-order chi connectivity index (χ1) is 9.44. The van der Waals surface area contributed by atoms with Gasteiger partial charge in [-0.1, -0.05) is 0 Å². The lowest BCUT2D eigenvalue weighted by Crippen LogP contribution is -2.46. The fourth-order valence-electron chi connectivity index (χ4n) is 2.35. The summed E-state index contributed by atoms with van der Waals surface area (Å²) >= 11 is 1.68. The Labute approximate surface area is 125 Å². The van der Waals surface area contributed by atoms with Crippen molar-refractivity contribution >= 4 is 22.4 Å². The summed E-state index contributed by atoms with van der Waals surface area (Å²) in [6.07, 6.45) is 2.92. The number of thiazole rings is 1. The number of hydrogen-bond donors (Lipinski definition) is 1. The van der Waals surface area contributed by atoms with Crippen molar-refractivity contribution < 1.29 is 4.79 Å². The van der Waals surface area contributed by atoms with E-state index in [0.29, 0.717) is 6.54 Å². The SMILES string of the molecule is CC(C)(C)NC(=O)CN1CCCN(c2nccs2)CC1. The number of carbonyl (C=O) groups is 1. The standard InChI is InChI=1S/C14H24N4OS/c1-14(2,3)16-12(19)11-17-6-4-7-18(9-8-17)13-15-5-10-20-13/h5,10H,4,6-9,11H2,1-3H3,(H,16,19). The molecule has 112 valence electrons. The molecule has 1 saturated heterocycles. The highest BCUT2D eigenvalue weighted by atomic mass is 32.1. The lowest BCUT2D eigenvalue weighted by molar-refractivity contribution is -0.123. The van der Waals surface area contributed by atoms with Gasteiger partial charge < -0.3 is 10.2 Å². The molecule has 6 heteroatoms. The summed E-state index contributed by atoms with van der Waals surface area (Å²) in [6.45, 7) is 10.4. The van der Waals surface area contributed by atoms with Gasteiger partial charge in [0.15, 0.2) is 5.13 Å². The van der Waals surface area contributed by atoms with Gasteiger partial charge in [0.25, 0.3) is 0 Å². The second-order valence-corrected chi connectivity index (χ2v) is 7.10. The Morgan fingerprint density at radius 3 is 2.80 bits per heavy atom. The number of hydrogen-bond acceptors (Lipinski definition) is 5. The van der Waals surface area contributed by atoms with Crippen LogP contribution < -0.4 is 10.2 Å². The van der Waals surface area contributed by atoms with E-state index in [1.165, 1.54) is 0 Å². The first-order valence-corrected chi connectivity index (χ1v) is 8.00. The van der Waals surface area contributed by atoms with Crippen LogP contribution in [0.2, 0.25) is 0 Å². The van der Waals surface area contributed by atoms with E-state index < -0.39 is 0 Å². The minimum absolute atomic E-state index is 0.111. The van der Waals surface area contributed by atoms with Crippen molar-refractivity contribution in [2.45, 2.75) is 32.7 Å². The van der Waals surface area contributed by atoms with Gasteiger partial charge in [-0.05, 0) is 27.2 Å². The highest BCUT2D eigenvalue weighted by Crippen LogP contribution is 2.18. The third-order valence-electron chi connectivity index (χ3n) is 3.16. The average Bonchev–Trinajstić information content (AvgIpc) is 2.75. The van der Waals surface area contributed by atoms with Gasteiger partial charge in [-0.2, -0.15) is 0 Å². The molecular weight excluding hydrogens is 272 g/mol. The molecule has 1 aromatic rings. The molecule has 1 fully saturated rings. The fraction of sp³-hybridized carbons (Fsp3) is 0.714. The van der Waals surface area contributed by atoms with Crippen molar-refractivity contribution in [1.82, 2.24) is 15.2 Å². The number of aromatic nitrogens is 1. The van der Waals surface area contributed by atoms with Crippen LogP contribution in [0.4, 0.5) is 5.13 Å². The van der Waals surface area contributed by atoms with Gasteiger partial charge in [-0.15, -0.1) is 11.3 Å². The highest BCUT2D eigenvalue weighted by molar-refractivity contribution is 7.13. The van der Waals surface area contributed by atoms with Crippen LogP contribution in [0.3, 0.4) is 0 Å². The van der Waals surface area contributed by atoms with Crippen LogP contribution in [0.15, 0.2) is 11.6 Å². The van der Waals surface area contributed by atoms with E-state index in [4.69, 9.17) is 0 Å². The van der Waals surface area contributed by atoms with Crippen molar-refractivity contribution in [2.24, 2.45) is 0 Å². The Balaban J connectivity index is 1.82. The van der Waals surface area contributed by atoms with Crippen molar-refractivity contribution in [1.29, 1.82) is 0 Å². The number of nitrogens with zero attached hydrogens (tertiary/aromatic N) is 3. The summed E-state index contributed by atoms with van der Waals surface area (Å²) in [5.74, 6) is 0.111. The third kappa shape index (κ3) is 4.76. The molecule has 0 atom stereocenters. The number of anilines is 1. The lowest BCUT2D eigenvalue weighted by Gasteiger charge is -2.24. The summed E-state index contributed by atoms with van der Waals surface area (Å²) in [5, 5.41) is 6.12. The van der Waals surface area contributed by atoms with Crippen LogP contribution in [0.25, 0.3) is 0 Å². The summed E-state index contributed by atoms with van der Waals surface area (Å²) in [7, 11) is 0. The van der Waals surface area contributed by atoms with E-state index in [0.717, 1.165) is 37.7 Å². The number of carbonyl (C=O) groups excluding carboxylic acids is 1. The molecule has 0 saturated carbocycles. The molecule has 20 heavy (non-hydrogen) atoms. The number of amides is 1. The molecule has 0 aromatic carbocycles. The Bertz CT molecular complexity index is 427. The van der Waals surface area contributed by atoms with E-state index >= 15 is 0 Å². The van der Waals surface area contributed by atoms with Gasteiger partial charge in [-0.25, -0.2) is 4.98 Å². The van der Waals surface area contributed by atoms with Crippen molar-refractivity contribution in [3.8, 4) is 0 Å². The molecule has 0 aliphatic carbocycles. The van der Waals surface area contributed by atoms with Gasteiger partial charge in [0.1, 0.15) is 0 Å². The van der Waals surface area contributed by atoms with Crippen LogP contribution in [0, 0.1) is 0 Å². The second-order valence-electron chi connectivity index (χ2n) is 6.23. The van der Waals surface area contributed by atoms with Gasteiger partial charge in [-0.3, -0.25) is 9.69 Å². The highest BCUT2D eigenvalue weighted by Gasteiger charge is 2.20. The van der Waals surface area contributed by atoms with Gasteiger partial charge in [0.2, 0.25) is 5.91 Å². The first-order valence-electron chi connectivity index (χ1n) is 7.12. The molecule has 1 amide bonds. The molecule has 2 rings (SSSR count). The van der Waals surface area contributed by atoms with Crippen molar-refractivity contribution in [3.63, 3.8) is 0 Å². The van der Waals surface area contributed by atoms with E-state index in [1.54, 1.807) is 11.3 Å². The van der Waals surface area contributed by atoms with Crippen LogP contribution in [-0.2, 0) is 4.79 Å². The van der Waals surface area contributed by atoms with E-state index in [-0.39, 0.29) is 11.4 Å². The van der Waals surface area contributed by atoms with Crippen LogP contribution in [0.5, 0.6) is 0 Å². The van der Waals surface area contributed by atoms with E-state index in [9.17, 15) is 4.79 Å². The van der Waals surface area contributed by atoms with Gasteiger partial charge in [0, 0.05) is 43.3 Å². The van der Waals surface area contributed by atoms with Gasteiger partial charge in [0.05, 0.1) is 6.54 Å². The van der Waals surface area contributed by atoms with Crippen molar-refractivity contribution in [3.05, 3.63) is 11.6 Å². The average molecular weight is 296 g/mol. The van der Waals surface area contributed by atoms with E-state index in [1.807, 2.05) is 32.3 Å². The Morgan fingerprint density at radius 1 is 1.35 bits per heavy atom. The van der Waals surface area contributed by atoms with Crippen LogP contribution in [-0.4, -0.2) is 54.1 Å². The maximum absolute atomic E-state index is 12.0. The maximum atomic E-state index is 12.0. The normalized spacial score (nSPS) is 17.9. The minimum Gasteiger partial charge on any atom is -0.350 e. The van der Waals surface area contributed by atoms with E-state index in [2.05, 4.69) is 20.1 Å². The molecular formula is C14H24N4OS. The zero-order valence-electron chi connectivity index (χ0n) is 12.6. The Kier molecular flexibility index (Phi) is 4.99. The molecule has 1 aliphatic heterocycles. The quantitative estimate of drug-likeness (QED) is 0.920. The summed E-state index contributed by atoms with van der Waals surface area (Å²) in [5.41, 5.74) is -0.157. The zero-order chi connectivity index (χ0) is 14.6. The second kappa shape index (κ2) is 6.54. The number of nitrogens with one attached hydrogen (secondary N) is 1. The Morgan fingerprint density at radius 2 is 2.15 bits per heavy atom. The van der Waals surface area contributed by atoms with Crippen molar-refractivity contribution in [2.75, 3.05) is 37.6 Å². The minimum atomic E-state index is -0.157. The predicted molar refractivity (Wildman–Crippen MR) is 83.3 cm³/mol. The summed E-state index contributed by atoms with van der Waals surface area (Å²) in [6, 6.07) is 0. The molecule has 0 radical (unpaired) electrons. The monoisotopic (exact) mass is 296 g/mol. The number of rotatable bonds is 3. The maximum Gasteiger partial charge on any atom is 0.234 e. The largest absolute Gasteiger partial charge is 0.350 e. The smallest absolute Gasteiger partial charge is 0.234 e.